The second-order valence-corrected chi connectivity index (χ2v) is 8.63. The maximum absolute atomic E-state index is 10.8. The van der Waals surface area contributed by atoms with Crippen LogP contribution in [0.1, 0.15) is 95.7 Å². The molecule has 1 atom stereocenters. The zero-order chi connectivity index (χ0) is 28.2. The molecule has 1 unspecified atom stereocenters. The van der Waals surface area contributed by atoms with E-state index in [0.717, 1.165) is 35.2 Å². The molecule has 3 rings (SSSR count). The van der Waals surface area contributed by atoms with E-state index in [2.05, 4.69) is 41.3 Å². The smallest absolute Gasteiger partial charge is 0.137 e. The Morgan fingerprint density at radius 3 is 2.51 bits per heavy atom. The summed E-state index contributed by atoms with van der Waals surface area (Å²) in [5.74, 6) is 1.32. The molecule has 0 saturated heterocycles. The quantitative estimate of drug-likeness (QED) is 0.251. The van der Waals surface area contributed by atoms with Crippen molar-refractivity contribution >= 4 is 29.7 Å². The van der Waals surface area contributed by atoms with E-state index in [0.29, 0.717) is 23.6 Å². The Morgan fingerprint density at radius 2 is 1.92 bits per heavy atom. The van der Waals surface area contributed by atoms with Gasteiger partial charge in [-0.15, -0.1) is 11.8 Å². The summed E-state index contributed by atoms with van der Waals surface area (Å²) >= 11 is 1.68. The van der Waals surface area contributed by atoms with Gasteiger partial charge in [0.2, 0.25) is 0 Å². The highest BCUT2D eigenvalue weighted by Crippen LogP contribution is 2.40. The van der Waals surface area contributed by atoms with Crippen molar-refractivity contribution in [3.05, 3.63) is 70.4 Å². The van der Waals surface area contributed by atoms with Gasteiger partial charge in [0.25, 0.3) is 0 Å². The van der Waals surface area contributed by atoms with E-state index < -0.39 is 0 Å². The summed E-state index contributed by atoms with van der Waals surface area (Å²) in [6.45, 7) is 19.9. The Bertz CT molecular complexity index is 1030. The summed E-state index contributed by atoms with van der Waals surface area (Å²) in [6, 6.07) is 14.5. The third kappa shape index (κ3) is 10.6. The lowest BCUT2D eigenvalue weighted by Crippen LogP contribution is -2.21. The van der Waals surface area contributed by atoms with Gasteiger partial charge in [-0.25, -0.2) is 0 Å². The summed E-state index contributed by atoms with van der Waals surface area (Å²) in [5.41, 5.74) is 5.30. The van der Waals surface area contributed by atoms with Crippen LogP contribution in [0.2, 0.25) is 0 Å². The third-order valence-electron chi connectivity index (χ3n) is 5.11. The predicted octanol–water partition coefficient (Wildman–Crippen LogP) is 8.13. The van der Waals surface area contributed by atoms with Crippen LogP contribution >= 0.6 is 11.8 Å². The first-order valence-electron chi connectivity index (χ1n) is 13.3. The Balaban J connectivity index is 0.00000201. The number of nitriles is 1. The second kappa shape index (κ2) is 20.2. The Morgan fingerprint density at radius 1 is 1.22 bits per heavy atom. The number of nitrogens with zero attached hydrogens (tertiary/aromatic N) is 2. The summed E-state index contributed by atoms with van der Waals surface area (Å²) < 4.78 is 5.72. The minimum atomic E-state index is 0.0190. The standard InChI is InChI=1S/C25H27N3O2S.3C2H6/c1-17(2)30-24-10-7-18(13-19(24)14-26)16-31-25(15-27-3)22-6-4-5-21-20(22)8-9-23(21)28-11-12-29;3*1-2/h4-7,10,12-13,15,17,23,28H,3,8-9,11,16H2,1-2H3;3*1-2H3/b25-15-;;;. The highest BCUT2D eigenvalue weighted by Gasteiger charge is 2.25. The number of aliphatic imine (C=N–C) groups is 1. The van der Waals surface area contributed by atoms with Gasteiger partial charge in [-0.3, -0.25) is 4.99 Å². The minimum Gasteiger partial charge on any atom is -0.490 e. The summed E-state index contributed by atoms with van der Waals surface area (Å²) in [5, 5.41) is 12.8. The predicted molar refractivity (Wildman–Crippen MR) is 161 cm³/mol. The fourth-order valence-electron chi connectivity index (χ4n) is 3.83. The van der Waals surface area contributed by atoms with Crippen molar-refractivity contribution < 1.29 is 9.53 Å². The molecule has 0 fully saturated rings. The van der Waals surface area contributed by atoms with Crippen LogP contribution in [0.15, 0.2) is 47.6 Å². The van der Waals surface area contributed by atoms with Gasteiger partial charge in [0.1, 0.15) is 18.1 Å². The fourth-order valence-corrected chi connectivity index (χ4v) is 4.82. The topological polar surface area (TPSA) is 74.5 Å². The summed E-state index contributed by atoms with van der Waals surface area (Å²) in [6.07, 6.45) is 4.65. The average molecular weight is 524 g/mol. The second-order valence-electron chi connectivity index (χ2n) is 7.61. The van der Waals surface area contributed by atoms with Gasteiger partial charge >= 0.3 is 0 Å². The largest absolute Gasteiger partial charge is 0.490 e. The molecule has 0 spiro atoms. The molecule has 2 aromatic carbocycles. The van der Waals surface area contributed by atoms with E-state index in [-0.39, 0.29) is 12.1 Å². The number of fused-ring (bicyclic) bond motifs is 1. The maximum Gasteiger partial charge on any atom is 0.137 e. The zero-order valence-electron chi connectivity index (χ0n) is 23.9. The van der Waals surface area contributed by atoms with Gasteiger partial charge in [-0.05, 0) is 67.8 Å². The number of hydrogen-bond donors (Lipinski definition) is 1. The van der Waals surface area contributed by atoms with Crippen molar-refractivity contribution in [2.45, 2.75) is 86.1 Å². The van der Waals surface area contributed by atoms with Crippen molar-refractivity contribution in [2.75, 3.05) is 6.54 Å². The van der Waals surface area contributed by atoms with Crippen molar-refractivity contribution in [3.8, 4) is 11.8 Å². The highest BCUT2D eigenvalue weighted by molar-refractivity contribution is 8.07. The van der Waals surface area contributed by atoms with Gasteiger partial charge < -0.3 is 14.8 Å². The van der Waals surface area contributed by atoms with Crippen LogP contribution in [0.5, 0.6) is 5.75 Å². The molecule has 1 aliphatic carbocycles. The molecule has 1 aliphatic rings. The van der Waals surface area contributed by atoms with E-state index >= 15 is 0 Å². The van der Waals surface area contributed by atoms with Crippen LogP contribution in [0, 0.1) is 11.3 Å². The monoisotopic (exact) mass is 523 g/mol. The van der Waals surface area contributed by atoms with Crippen molar-refractivity contribution in [2.24, 2.45) is 4.99 Å². The molecule has 6 heteroatoms. The lowest BCUT2D eigenvalue weighted by molar-refractivity contribution is -0.107. The molecule has 5 nitrogen and oxygen atoms in total. The number of thioether (sulfide) groups is 1. The normalized spacial score (nSPS) is 13.4. The molecule has 0 saturated carbocycles. The van der Waals surface area contributed by atoms with Crippen LogP contribution < -0.4 is 10.1 Å². The van der Waals surface area contributed by atoms with E-state index in [4.69, 9.17) is 4.74 Å². The SMILES string of the molecule is C=N/C=C(\SCc1ccc(OC(C)C)c(C#N)c1)c1cccc2c1CCC2NCC=O.CC.CC.CC. The van der Waals surface area contributed by atoms with Crippen LogP contribution in [0.25, 0.3) is 4.91 Å². The van der Waals surface area contributed by atoms with Crippen LogP contribution in [-0.4, -0.2) is 25.7 Å². The minimum absolute atomic E-state index is 0.0190. The third-order valence-corrected chi connectivity index (χ3v) is 6.23. The number of hydrogen-bond acceptors (Lipinski definition) is 6. The molecule has 0 aliphatic heterocycles. The average Bonchev–Trinajstić information content (AvgIpc) is 3.36. The molecule has 202 valence electrons. The number of carbonyl (C=O) groups excluding carboxylic acids is 1. The molecule has 0 heterocycles. The van der Waals surface area contributed by atoms with Gasteiger partial charge in [-0.2, -0.15) is 5.26 Å². The van der Waals surface area contributed by atoms with Crippen LogP contribution in [0.3, 0.4) is 0 Å². The number of nitrogens with one attached hydrogen (secondary N) is 1. The number of aldehydes is 1. The molecule has 0 radical (unpaired) electrons. The lowest BCUT2D eigenvalue weighted by atomic mass is 10.0. The molecule has 37 heavy (non-hydrogen) atoms. The van der Waals surface area contributed by atoms with Gasteiger partial charge in [0.15, 0.2) is 0 Å². The van der Waals surface area contributed by atoms with Gasteiger partial charge in [0.05, 0.1) is 18.2 Å². The Kier molecular flexibility index (Phi) is 18.6. The Hall–Kier alpha value is -2.88. The lowest BCUT2D eigenvalue weighted by Gasteiger charge is -2.15. The zero-order valence-corrected chi connectivity index (χ0v) is 24.7. The van der Waals surface area contributed by atoms with Crippen molar-refractivity contribution in [3.63, 3.8) is 0 Å². The molecular formula is C31H45N3O2S. The van der Waals surface area contributed by atoms with E-state index in [1.807, 2.05) is 73.6 Å². The number of carbonyl (C=O) groups is 1. The van der Waals surface area contributed by atoms with E-state index in [1.54, 1.807) is 18.0 Å². The first-order valence-corrected chi connectivity index (χ1v) is 14.3. The first-order chi connectivity index (χ1) is 18.1. The van der Waals surface area contributed by atoms with Crippen LogP contribution in [0.4, 0.5) is 0 Å². The molecule has 0 bridgehead atoms. The number of ether oxygens (including phenoxy) is 1. The Labute approximate surface area is 229 Å². The number of benzene rings is 2. The maximum atomic E-state index is 10.8. The van der Waals surface area contributed by atoms with E-state index in [1.165, 1.54) is 11.1 Å². The summed E-state index contributed by atoms with van der Waals surface area (Å²) in [7, 11) is 0. The van der Waals surface area contributed by atoms with Gasteiger partial charge in [-0.1, -0.05) is 65.8 Å². The fraction of sp³-hybridized carbons (Fsp3) is 0.452. The van der Waals surface area contributed by atoms with Gasteiger partial charge in [0, 0.05) is 22.9 Å². The molecule has 0 aromatic heterocycles. The van der Waals surface area contributed by atoms with Crippen molar-refractivity contribution in [1.29, 1.82) is 5.26 Å². The molecule has 2 aromatic rings. The molecule has 0 amide bonds. The molecule has 1 N–H and O–H groups in total. The first kappa shape index (κ1) is 34.1. The summed E-state index contributed by atoms with van der Waals surface area (Å²) in [4.78, 5) is 15.8. The highest BCUT2D eigenvalue weighted by atomic mass is 32.2. The number of rotatable bonds is 10. The van der Waals surface area contributed by atoms with E-state index in [9.17, 15) is 10.1 Å². The van der Waals surface area contributed by atoms with Crippen LogP contribution in [-0.2, 0) is 17.0 Å². The molecular weight excluding hydrogens is 478 g/mol. The van der Waals surface area contributed by atoms with Crippen molar-refractivity contribution in [1.82, 2.24) is 5.32 Å².